The minimum Gasteiger partial charge on any atom is -0.394 e. The number of anilines is 1. The summed E-state index contributed by atoms with van der Waals surface area (Å²) in [6.07, 6.45) is -0.770. The number of rotatable bonds is 8. The second kappa shape index (κ2) is 10.5. The van der Waals surface area contributed by atoms with Gasteiger partial charge in [-0.15, -0.1) is 0 Å². The molecule has 11 nitrogen and oxygen atoms in total. The third kappa shape index (κ3) is 5.22. The quantitative estimate of drug-likeness (QED) is 0.148. The van der Waals surface area contributed by atoms with Crippen LogP contribution in [0.25, 0.3) is 11.0 Å². The first-order valence-corrected chi connectivity index (χ1v) is 12.4. The number of fused-ring (bicyclic) bond motifs is 1. The Morgan fingerprint density at radius 2 is 2.17 bits per heavy atom. The Kier molecular flexibility index (Phi) is 7.78. The number of hydrogen-bond acceptors (Lipinski definition) is 9. The van der Waals surface area contributed by atoms with Gasteiger partial charge in [0.25, 0.3) is 5.69 Å². The van der Waals surface area contributed by atoms with Crippen LogP contribution in [-0.2, 0) is 16.1 Å². The van der Waals surface area contributed by atoms with Gasteiger partial charge in [0.15, 0.2) is 0 Å². The number of halogens is 2. The second-order valence-electron chi connectivity index (χ2n) is 8.68. The summed E-state index contributed by atoms with van der Waals surface area (Å²) in [5.74, 6) is -0.0933. The first-order valence-electron chi connectivity index (χ1n) is 10.9. The van der Waals surface area contributed by atoms with Gasteiger partial charge in [-0.05, 0) is 40.6 Å². The second-order valence-corrected chi connectivity index (χ2v) is 10.3. The van der Waals surface area contributed by atoms with Gasteiger partial charge in [0.1, 0.15) is 23.1 Å². The Labute approximate surface area is 219 Å². The fourth-order valence-electron chi connectivity index (χ4n) is 4.31. The highest BCUT2D eigenvalue weighted by molar-refractivity contribution is 14.1. The summed E-state index contributed by atoms with van der Waals surface area (Å²) in [6.45, 7) is 3.58. The maximum absolute atomic E-state index is 11.7. The molecule has 0 aliphatic carbocycles. The van der Waals surface area contributed by atoms with Crippen molar-refractivity contribution >= 4 is 56.9 Å². The van der Waals surface area contributed by atoms with Gasteiger partial charge in [0.05, 0.1) is 41.3 Å². The molecule has 0 spiro atoms. The lowest BCUT2D eigenvalue weighted by molar-refractivity contribution is -0.386. The molecule has 0 bridgehead atoms. The van der Waals surface area contributed by atoms with Gasteiger partial charge < -0.3 is 30.0 Å². The largest absolute Gasteiger partial charge is 0.394 e. The molecule has 4 atom stereocenters. The van der Waals surface area contributed by atoms with Crippen molar-refractivity contribution in [1.29, 1.82) is 0 Å². The van der Waals surface area contributed by atoms with E-state index in [0.29, 0.717) is 22.2 Å². The van der Waals surface area contributed by atoms with Crippen LogP contribution >= 0.6 is 34.2 Å². The normalized spacial score (nSPS) is 21.2. The topological polar surface area (TPSA) is 159 Å². The summed E-state index contributed by atoms with van der Waals surface area (Å²) in [4.78, 5) is 19.7. The lowest BCUT2D eigenvalue weighted by Crippen LogP contribution is -2.24. The molecule has 188 valence electrons. The van der Waals surface area contributed by atoms with Crippen molar-refractivity contribution in [3.05, 3.63) is 54.4 Å². The molecule has 3 aromatic rings. The van der Waals surface area contributed by atoms with Crippen LogP contribution in [0, 0.1) is 19.6 Å². The fourth-order valence-corrected chi connectivity index (χ4v) is 5.08. The highest BCUT2D eigenvalue weighted by atomic mass is 127. The lowest BCUT2D eigenvalue weighted by atomic mass is 9.97. The van der Waals surface area contributed by atoms with Crippen molar-refractivity contribution in [3.8, 4) is 0 Å². The van der Waals surface area contributed by atoms with Gasteiger partial charge >= 0.3 is 0 Å². The molecular weight excluding hydrogens is 593 g/mol. The van der Waals surface area contributed by atoms with E-state index in [9.17, 15) is 20.3 Å². The molecule has 1 unspecified atom stereocenters. The average molecular weight is 618 g/mol. The number of aromatic nitrogens is 3. The van der Waals surface area contributed by atoms with Crippen LogP contribution in [0.15, 0.2) is 24.4 Å². The molecule has 4 N–H and O–H groups in total. The molecule has 1 aliphatic heterocycles. The summed E-state index contributed by atoms with van der Waals surface area (Å²) in [5, 5.41) is 32.0. The van der Waals surface area contributed by atoms with E-state index < -0.39 is 29.5 Å². The van der Waals surface area contributed by atoms with Crippen LogP contribution in [-0.4, -0.2) is 48.5 Å². The lowest BCUT2D eigenvalue weighted by Gasteiger charge is -2.22. The number of ether oxygens (including phenoxy) is 2. The predicted octanol–water partition coefficient (Wildman–Crippen LogP) is 3.73. The average Bonchev–Trinajstić information content (AvgIpc) is 3.34. The number of benzene rings is 1. The van der Waals surface area contributed by atoms with E-state index in [1.807, 2.05) is 36.4 Å². The molecule has 35 heavy (non-hydrogen) atoms. The van der Waals surface area contributed by atoms with E-state index in [1.165, 1.54) is 6.07 Å². The van der Waals surface area contributed by atoms with Crippen LogP contribution in [0.2, 0.25) is 5.15 Å². The van der Waals surface area contributed by atoms with E-state index in [0.717, 1.165) is 3.57 Å². The molecule has 3 heterocycles. The monoisotopic (exact) mass is 617 g/mol. The number of nitrogens with zero attached hydrogens (tertiary/aromatic N) is 4. The Morgan fingerprint density at radius 1 is 1.43 bits per heavy atom. The summed E-state index contributed by atoms with van der Waals surface area (Å²) in [6, 6.07) is 5.04. The van der Waals surface area contributed by atoms with Crippen LogP contribution in [0.5, 0.6) is 0 Å². The van der Waals surface area contributed by atoms with Crippen LogP contribution in [0.3, 0.4) is 0 Å². The number of aliphatic hydroxyl groups excluding tert-OH is 2. The number of nitrogen functional groups attached to an aromatic ring is 1. The first kappa shape index (κ1) is 26.0. The molecule has 2 aromatic heterocycles. The zero-order chi connectivity index (χ0) is 25.4. The van der Waals surface area contributed by atoms with Crippen LogP contribution < -0.4 is 5.73 Å². The number of nitro benzene ring substituents is 1. The number of hydrogen-bond donors (Lipinski definition) is 3. The SMILES string of the molecule is CC(C)[C@@H](OCc1cn([C@H]2CC(O)[C@@H](CO)O2)c2nc(N)nc(Cl)c12)c1ccc(I)cc1[N+](=O)[O-]. The molecule has 1 saturated heterocycles. The molecule has 1 aliphatic rings. The van der Waals surface area contributed by atoms with Gasteiger partial charge in [0, 0.05) is 27.8 Å². The van der Waals surface area contributed by atoms with Gasteiger partial charge in [-0.25, -0.2) is 4.98 Å². The maximum atomic E-state index is 11.7. The zero-order valence-electron chi connectivity index (χ0n) is 19.0. The van der Waals surface area contributed by atoms with Crippen molar-refractivity contribution < 1.29 is 24.6 Å². The Morgan fingerprint density at radius 3 is 2.80 bits per heavy atom. The Balaban J connectivity index is 1.71. The zero-order valence-corrected chi connectivity index (χ0v) is 21.9. The third-order valence-electron chi connectivity index (χ3n) is 5.94. The van der Waals surface area contributed by atoms with Gasteiger partial charge in [0.2, 0.25) is 5.95 Å². The minimum atomic E-state index is -0.844. The number of aliphatic hydroxyl groups is 2. The van der Waals surface area contributed by atoms with Crippen LogP contribution in [0.1, 0.15) is 43.7 Å². The first-order chi connectivity index (χ1) is 16.6. The molecule has 0 saturated carbocycles. The highest BCUT2D eigenvalue weighted by Gasteiger charge is 2.36. The van der Waals surface area contributed by atoms with Crippen molar-refractivity contribution in [3.63, 3.8) is 0 Å². The molecule has 4 rings (SSSR count). The third-order valence-corrected chi connectivity index (χ3v) is 6.88. The van der Waals surface area contributed by atoms with Crippen molar-refractivity contribution in [1.82, 2.24) is 14.5 Å². The van der Waals surface area contributed by atoms with E-state index in [-0.39, 0.29) is 42.3 Å². The van der Waals surface area contributed by atoms with Crippen molar-refractivity contribution in [2.75, 3.05) is 12.3 Å². The predicted molar refractivity (Wildman–Crippen MR) is 137 cm³/mol. The van der Waals surface area contributed by atoms with E-state index in [4.69, 9.17) is 26.8 Å². The van der Waals surface area contributed by atoms with Crippen molar-refractivity contribution in [2.24, 2.45) is 5.92 Å². The molecule has 1 aromatic carbocycles. The molecule has 0 amide bonds. The van der Waals surface area contributed by atoms with E-state index in [2.05, 4.69) is 9.97 Å². The molecule has 1 fully saturated rings. The minimum absolute atomic E-state index is 0.00411. The summed E-state index contributed by atoms with van der Waals surface area (Å²) in [5.41, 5.74) is 7.34. The molecular formula is C22H25ClIN5O6. The number of nitro groups is 1. The Bertz CT molecular complexity index is 1250. The molecule has 13 heteroatoms. The van der Waals surface area contributed by atoms with Gasteiger partial charge in [-0.1, -0.05) is 25.4 Å². The van der Waals surface area contributed by atoms with E-state index >= 15 is 0 Å². The maximum Gasteiger partial charge on any atom is 0.276 e. The Hall–Kier alpha value is -2.10. The van der Waals surface area contributed by atoms with Crippen LogP contribution in [0.4, 0.5) is 11.6 Å². The summed E-state index contributed by atoms with van der Waals surface area (Å²) >= 11 is 8.47. The van der Waals surface area contributed by atoms with Crippen molar-refractivity contribution in [2.45, 2.75) is 51.4 Å². The highest BCUT2D eigenvalue weighted by Crippen LogP contribution is 2.38. The smallest absolute Gasteiger partial charge is 0.276 e. The summed E-state index contributed by atoms with van der Waals surface area (Å²) in [7, 11) is 0. The molecule has 0 radical (unpaired) electrons. The summed E-state index contributed by atoms with van der Waals surface area (Å²) < 4.78 is 14.5. The van der Waals surface area contributed by atoms with Gasteiger partial charge in [-0.3, -0.25) is 10.1 Å². The standard InChI is InChI=1S/C22H25ClIN5O6/c1-10(2)19(13-4-3-12(24)5-14(13)29(32)33)34-9-11-7-28(17-6-15(31)16(8-30)35-17)21-18(11)20(23)26-22(25)27-21/h3-5,7,10,15-17,19,30-31H,6,8-9H2,1-2H3,(H2,25,26,27)/t15?,16-,17-,19-/m1/s1. The van der Waals surface area contributed by atoms with E-state index in [1.54, 1.807) is 22.9 Å². The fraction of sp³-hybridized carbons (Fsp3) is 0.455. The number of nitrogens with two attached hydrogens (primary N) is 1. The van der Waals surface area contributed by atoms with Gasteiger partial charge in [-0.2, -0.15) is 4.98 Å².